The predicted molar refractivity (Wildman–Crippen MR) is 108 cm³/mol. The first-order valence-corrected chi connectivity index (χ1v) is 9.81. The van der Waals surface area contributed by atoms with Crippen LogP contribution in [0, 0.1) is 13.8 Å². The molecule has 3 rings (SSSR count). The van der Waals surface area contributed by atoms with E-state index in [2.05, 4.69) is 63.0 Å². The Balaban J connectivity index is 1.85. The minimum atomic E-state index is 0.315. The van der Waals surface area contributed by atoms with Crippen LogP contribution in [0.5, 0.6) is 11.6 Å². The molecule has 2 aromatic carbocycles. The van der Waals surface area contributed by atoms with Crippen LogP contribution in [0.4, 0.5) is 0 Å². The van der Waals surface area contributed by atoms with E-state index in [1.165, 1.54) is 11.1 Å². The second-order valence-electron chi connectivity index (χ2n) is 6.64. The third kappa shape index (κ3) is 4.64. The Hall–Kier alpha value is -2.33. The van der Waals surface area contributed by atoms with Crippen molar-refractivity contribution in [2.45, 2.75) is 44.5 Å². The van der Waals surface area contributed by atoms with Gasteiger partial charge in [0.2, 0.25) is 5.88 Å². The van der Waals surface area contributed by atoms with Crippen molar-refractivity contribution in [1.82, 2.24) is 9.97 Å². The summed E-state index contributed by atoms with van der Waals surface area (Å²) in [4.78, 5) is 9.33. The summed E-state index contributed by atoms with van der Waals surface area (Å²) in [5.74, 6) is 2.60. The molecule has 0 atom stereocenters. The third-order valence-electron chi connectivity index (χ3n) is 4.27. The third-order valence-corrected chi connectivity index (χ3v) is 5.19. The fraction of sp³-hybridized carbons (Fsp3) is 0.273. The van der Waals surface area contributed by atoms with Crippen LogP contribution in [0.1, 0.15) is 42.1 Å². The van der Waals surface area contributed by atoms with Crippen molar-refractivity contribution < 1.29 is 4.74 Å². The zero-order chi connectivity index (χ0) is 18.5. The van der Waals surface area contributed by atoms with Gasteiger partial charge >= 0.3 is 0 Å². The average Bonchev–Trinajstić information content (AvgIpc) is 2.64. The van der Waals surface area contributed by atoms with Gasteiger partial charge in [0, 0.05) is 11.8 Å². The topological polar surface area (TPSA) is 35.0 Å². The van der Waals surface area contributed by atoms with E-state index in [1.807, 2.05) is 24.3 Å². The molecule has 0 saturated heterocycles. The van der Waals surface area contributed by atoms with Gasteiger partial charge in [0.05, 0.1) is 5.69 Å². The second-order valence-corrected chi connectivity index (χ2v) is 7.59. The molecule has 0 N–H and O–H groups in total. The van der Waals surface area contributed by atoms with Crippen molar-refractivity contribution in [2.75, 3.05) is 0 Å². The maximum absolute atomic E-state index is 6.11. The summed E-state index contributed by atoms with van der Waals surface area (Å²) >= 11 is 1.63. The molecule has 0 aliphatic heterocycles. The summed E-state index contributed by atoms with van der Waals surface area (Å²) in [6, 6.07) is 18.4. The number of benzene rings is 2. The van der Waals surface area contributed by atoms with E-state index in [0.717, 1.165) is 27.9 Å². The van der Waals surface area contributed by atoms with Crippen molar-refractivity contribution in [3.05, 3.63) is 77.0 Å². The summed E-state index contributed by atoms with van der Waals surface area (Å²) in [5.41, 5.74) is 4.60. The van der Waals surface area contributed by atoms with Gasteiger partial charge in [-0.2, -0.15) is 4.98 Å². The lowest BCUT2D eigenvalue weighted by molar-refractivity contribution is 0.449. The van der Waals surface area contributed by atoms with Crippen molar-refractivity contribution in [3.8, 4) is 11.6 Å². The monoisotopic (exact) mass is 364 g/mol. The lowest BCUT2D eigenvalue weighted by Crippen LogP contribution is -2.00. The van der Waals surface area contributed by atoms with E-state index >= 15 is 0 Å². The molecule has 26 heavy (non-hydrogen) atoms. The molecule has 134 valence electrons. The highest BCUT2D eigenvalue weighted by molar-refractivity contribution is 7.98. The SMILES string of the molecule is Cc1cccc(Oc2cc(C(C)C)nc(SCc3ccccc3)n2)c1C. The highest BCUT2D eigenvalue weighted by Gasteiger charge is 2.12. The van der Waals surface area contributed by atoms with Crippen LogP contribution in [-0.4, -0.2) is 9.97 Å². The van der Waals surface area contributed by atoms with Crippen LogP contribution < -0.4 is 4.74 Å². The first-order chi connectivity index (χ1) is 12.5. The Morgan fingerprint density at radius 3 is 2.46 bits per heavy atom. The van der Waals surface area contributed by atoms with Gasteiger partial charge in [-0.1, -0.05) is 68.1 Å². The number of rotatable bonds is 6. The average molecular weight is 365 g/mol. The van der Waals surface area contributed by atoms with Gasteiger partial charge in [0.1, 0.15) is 5.75 Å². The lowest BCUT2D eigenvalue weighted by atomic mass is 10.1. The highest BCUT2D eigenvalue weighted by Crippen LogP contribution is 2.29. The zero-order valence-corrected chi connectivity index (χ0v) is 16.5. The molecule has 0 bridgehead atoms. The van der Waals surface area contributed by atoms with E-state index < -0.39 is 0 Å². The summed E-state index contributed by atoms with van der Waals surface area (Å²) in [7, 11) is 0. The molecule has 4 heteroatoms. The minimum Gasteiger partial charge on any atom is -0.439 e. The molecule has 1 heterocycles. The van der Waals surface area contributed by atoms with Gasteiger partial charge in [-0.3, -0.25) is 0 Å². The molecule has 1 aromatic heterocycles. The molecule has 0 spiro atoms. The second kappa shape index (κ2) is 8.37. The Kier molecular flexibility index (Phi) is 5.94. The van der Waals surface area contributed by atoms with Crippen LogP contribution in [0.15, 0.2) is 59.8 Å². The lowest BCUT2D eigenvalue weighted by Gasteiger charge is -2.13. The number of hydrogen-bond acceptors (Lipinski definition) is 4. The maximum Gasteiger partial charge on any atom is 0.223 e. The normalized spacial score (nSPS) is 11.0. The number of thioether (sulfide) groups is 1. The first kappa shape index (κ1) is 18.5. The molecular weight excluding hydrogens is 340 g/mol. The molecule has 0 radical (unpaired) electrons. The van der Waals surface area contributed by atoms with Crippen LogP contribution in [0.3, 0.4) is 0 Å². The van der Waals surface area contributed by atoms with E-state index in [1.54, 1.807) is 11.8 Å². The van der Waals surface area contributed by atoms with Gasteiger partial charge in [0.15, 0.2) is 5.16 Å². The predicted octanol–water partition coefficient (Wildman–Crippen LogP) is 6.30. The largest absolute Gasteiger partial charge is 0.439 e. The molecule has 3 aromatic rings. The van der Waals surface area contributed by atoms with Crippen LogP contribution in [-0.2, 0) is 5.75 Å². The standard InChI is InChI=1S/C22H24N2OS/c1-15(2)19-13-21(25-20-12-8-9-16(3)17(20)4)24-22(23-19)26-14-18-10-6-5-7-11-18/h5-13,15H,14H2,1-4H3. The molecule has 0 aliphatic carbocycles. The van der Waals surface area contributed by atoms with Crippen LogP contribution >= 0.6 is 11.8 Å². The van der Waals surface area contributed by atoms with Crippen molar-refractivity contribution in [1.29, 1.82) is 0 Å². The van der Waals surface area contributed by atoms with Crippen molar-refractivity contribution >= 4 is 11.8 Å². The molecule has 0 aliphatic rings. The first-order valence-electron chi connectivity index (χ1n) is 8.82. The molecular formula is C22H24N2OS. The van der Waals surface area contributed by atoms with Gasteiger partial charge in [-0.05, 0) is 42.5 Å². The van der Waals surface area contributed by atoms with Crippen LogP contribution in [0.25, 0.3) is 0 Å². The number of aryl methyl sites for hydroxylation is 1. The van der Waals surface area contributed by atoms with Gasteiger partial charge in [0.25, 0.3) is 0 Å². The van der Waals surface area contributed by atoms with E-state index in [-0.39, 0.29) is 0 Å². The molecule has 0 saturated carbocycles. The Bertz CT molecular complexity index is 879. The zero-order valence-electron chi connectivity index (χ0n) is 15.7. The van der Waals surface area contributed by atoms with E-state index in [4.69, 9.17) is 9.72 Å². The Morgan fingerprint density at radius 1 is 0.962 bits per heavy atom. The number of hydrogen-bond donors (Lipinski definition) is 0. The molecule has 0 unspecified atom stereocenters. The quantitative estimate of drug-likeness (QED) is 0.380. The van der Waals surface area contributed by atoms with Gasteiger partial charge in [-0.15, -0.1) is 0 Å². The van der Waals surface area contributed by atoms with Crippen LogP contribution in [0.2, 0.25) is 0 Å². The van der Waals surface area contributed by atoms with E-state index in [9.17, 15) is 0 Å². The summed E-state index contributed by atoms with van der Waals surface area (Å²) in [6.45, 7) is 8.43. The minimum absolute atomic E-state index is 0.315. The fourth-order valence-electron chi connectivity index (χ4n) is 2.50. The van der Waals surface area contributed by atoms with Gasteiger partial charge < -0.3 is 4.74 Å². The van der Waals surface area contributed by atoms with Crippen molar-refractivity contribution in [3.63, 3.8) is 0 Å². The maximum atomic E-state index is 6.11. The summed E-state index contributed by atoms with van der Waals surface area (Å²) in [6.07, 6.45) is 0. The smallest absolute Gasteiger partial charge is 0.223 e. The van der Waals surface area contributed by atoms with Gasteiger partial charge in [-0.25, -0.2) is 4.98 Å². The molecule has 0 amide bonds. The summed E-state index contributed by atoms with van der Waals surface area (Å²) < 4.78 is 6.11. The summed E-state index contributed by atoms with van der Waals surface area (Å²) in [5, 5.41) is 0.750. The Labute approximate surface area is 159 Å². The van der Waals surface area contributed by atoms with E-state index in [0.29, 0.717) is 11.8 Å². The van der Waals surface area contributed by atoms with Crippen molar-refractivity contribution in [2.24, 2.45) is 0 Å². The number of ether oxygens (including phenoxy) is 1. The number of aromatic nitrogens is 2. The molecule has 0 fully saturated rings. The Morgan fingerprint density at radius 2 is 1.73 bits per heavy atom. The number of nitrogens with zero attached hydrogens (tertiary/aromatic N) is 2. The highest BCUT2D eigenvalue weighted by atomic mass is 32.2. The fourth-order valence-corrected chi connectivity index (χ4v) is 3.32. The molecule has 3 nitrogen and oxygen atoms in total.